The van der Waals surface area contributed by atoms with E-state index < -0.39 is 0 Å². The molecule has 8 heteroatoms. The second-order valence-electron chi connectivity index (χ2n) is 4.14. The fraction of sp³-hybridized carbons (Fsp3) is 0. The highest BCUT2D eigenvalue weighted by molar-refractivity contribution is 8.26. The van der Waals surface area contributed by atoms with Crippen LogP contribution >= 0.6 is 47.2 Å². The van der Waals surface area contributed by atoms with Gasteiger partial charge in [0, 0.05) is 5.02 Å². The Morgan fingerprint density at radius 3 is 2.71 bits per heavy atom. The minimum atomic E-state index is -0.339. The Morgan fingerprint density at radius 1 is 1.29 bits per heavy atom. The van der Waals surface area contributed by atoms with Gasteiger partial charge < -0.3 is 9.73 Å². The Kier molecular flexibility index (Phi) is 3.79. The predicted octanol–water partition coefficient (Wildman–Crippen LogP) is 3.59. The van der Waals surface area contributed by atoms with E-state index >= 15 is 0 Å². The van der Waals surface area contributed by atoms with Crippen LogP contribution in [0.5, 0.6) is 0 Å². The van der Waals surface area contributed by atoms with Crippen molar-refractivity contribution in [2.45, 2.75) is 0 Å². The first kappa shape index (κ1) is 14.6. The molecule has 1 N–H and O–H groups in total. The van der Waals surface area contributed by atoms with Crippen LogP contribution in [0.15, 0.2) is 32.5 Å². The fourth-order valence-corrected chi connectivity index (χ4v) is 3.42. The normalized spacial score (nSPS) is 16.8. The number of amides is 1. The zero-order valence-electron chi connectivity index (χ0n) is 10.1. The van der Waals surface area contributed by atoms with E-state index in [1.807, 2.05) is 0 Å². The standard InChI is InChI=1S/C13H5Cl2NO3S2/c14-6-2-7-10(17)5(4-19-11(7)8(15)3-6)1-9-12(18)16-13(20)21-9/h1-4H,(H,16,18,20). The summed E-state index contributed by atoms with van der Waals surface area (Å²) in [4.78, 5) is 24.4. The molecule has 0 unspecified atom stereocenters. The maximum Gasteiger partial charge on any atom is 0.263 e. The number of nitrogens with one attached hydrogen (secondary N) is 1. The molecule has 106 valence electrons. The molecule has 0 saturated carbocycles. The van der Waals surface area contributed by atoms with Gasteiger partial charge in [-0.15, -0.1) is 0 Å². The first-order chi connectivity index (χ1) is 9.95. The minimum Gasteiger partial charge on any atom is -0.462 e. The van der Waals surface area contributed by atoms with Crippen molar-refractivity contribution in [1.82, 2.24) is 5.32 Å². The van der Waals surface area contributed by atoms with E-state index in [-0.39, 0.29) is 32.9 Å². The maximum atomic E-state index is 12.4. The minimum absolute atomic E-state index is 0.225. The van der Waals surface area contributed by atoms with Crippen LogP contribution in [0.25, 0.3) is 17.0 Å². The number of fused-ring (bicyclic) bond motifs is 1. The third-order valence-corrected chi connectivity index (χ3v) is 4.41. The van der Waals surface area contributed by atoms with Gasteiger partial charge in [0.25, 0.3) is 5.91 Å². The SMILES string of the molecule is O=C1NC(=S)SC1=Cc1coc2c(Cl)cc(Cl)cc2c1=O. The zero-order chi connectivity index (χ0) is 15.1. The van der Waals surface area contributed by atoms with E-state index in [0.717, 1.165) is 11.8 Å². The molecule has 0 bridgehead atoms. The van der Waals surface area contributed by atoms with E-state index in [0.29, 0.717) is 14.2 Å². The van der Waals surface area contributed by atoms with Crippen molar-refractivity contribution in [3.8, 4) is 0 Å². The van der Waals surface area contributed by atoms with Gasteiger partial charge in [-0.2, -0.15) is 0 Å². The summed E-state index contributed by atoms with van der Waals surface area (Å²) in [5.41, 5.74) is 0.162. The number of carbonyl (C=O) groups excluding carboxylic acids is 1. The molecular formula is C13H5Cl2NO3S2. The van der Waals surface area contributed by atoms with Crippen molar-refractivity contribution >= 4 is 74.5 Å². The molecule has 2 aromatic rings. The molecule has 0 radical (unpaired) electrons. The van der Waals surface area contributed by atoms with Gasteiger partial charge in [0.15, 0.2) is 11.0 Å². The molecule has 3 rings (SSSR count). The zero-order valence-corrected chi connectivity index (χ0v) is 13.3. The van der Waals surface area contributed by atoms with Gasteiger partial charge in [0.2, 0.25) is 0 Å². The third kappa shape index (κ3) is 2.72. The topological polar surface area (TPSA) is 59.3 Å². The second-order valence-corrected chi connectivity index (χ2v) is 6.70. The Hall–Kier alpha value is -1.34. The first-order valence-corrected chi connectivity index (χ1v) is 7.59. The highest BCUT2D eigenvalue weighted by atomic mass is 35.5. The summed E-state index contributed by atoms with van der Waals surface area (Å²) in [6.45, 7) is 0. The molecule has 1 fully saturated rings. The highest BCUT2D eigenvalue weighted by Gasteiger charge is 2.22. The molecule has 0 atom stereocenters. The lowest BCUT2D eigenvalue weighted by Gasteiger charge is -2.02. The summed E-state index contributed by atoms with van der Waals surface area (Å²) in [6, 6.07) is 2.97. The number of carbonyl (C=O) groups is 1. The van der Waals surface area contributed by atoms with Gasteiger partial charge in [0.05, 0.1) is 20.9 Å². The summed E-state index contributed by atoms with van der Waals surface area (Å²) in [7, 11) is 0. The summed E-state index contributed by atoms with van der Waals surface area (Å²) < 4.78 is 5.72. The van der Waals surface area contributed by atoms with Gasteiger partial charge in [-0.25, -0.2) is 0 Å². The van der Waals surface area contributed by atoms with Crippen molar-refractivity contribution in [2.24, 2.45) is 0 Å². The first-order valence-electron chi connectivity index (χ1n) is 5.61. The Labute approximate surface area is 138 Å². The average Bonchev–Trinajstić information content (AvgIpc) is 2.72. The quantitative estimate of drug-likeness (QED) is 0.624. The second kappa shape index (κ2) is 5.46. The maximum absolute atomic E-state index is 12.4. The molecule has 0 spiro atoms. The molecule has 21 heavy (non-hydrogen) atoms. The Morgan fingerprint density at radius 2 is 2.05 bits per heavy atom. The molecule has 1 saturated heterocycles. The smallest absolute Gasteiger partial charge is 0.263 e. The Bertz CT molecular complexity index is 889. The van der Waals surface area contributed by atoms with Crippen molar-refractivity contribution in [2.75, 3.05) is 0 Å². The lowest BCUT2D eigenvalue weighted by Crippen LogP contribution is -2.17. The number of thioether (sulfide) groups is 1. The number of rotatable bonds is 1. The Balaban J connectivity index is 2.20. The highest BCUT2D eigenvalue weighted by Crippen LogP contribution is 2.28. The van der Waals surface area contributed by atoms with Crippen LogP contribution in [0.1, 0.15) is 5.56 Å². The van der Waals surface area contributed by atoms with Crippen molar-refractivity contribution in [1.29, 1.82) is 0 Å². The monoisotopic (exact) mass is 357 g/mol. The van der Waals surface area contributed by atoms with E-state index in [2.05, 4.69) is 5.32 Å². The summed E-state index contributed by atoms with van der Waals surface area (Å²) in [5.74, 6) is -0.339. The van der Waals surface area contributed by atoms with Crippen molar-refractivity contribution < 1.29 is 9.21 Å². The van der Waals surface area contributed by atoms with Gasteiger partial charge in [-0.3, -0.25) is 9.59 Å². The van der Waals surface area contributed by atoms with Crippen LogP contribution in [0.2, 0.25) is 10.0 Å². The van der Waals surface area contributed by atoms with Crippen molar-refractivity contribution in [3.05, 3.63) is 49.1 Å². The molecule has 0 aliphatic carbocycles. The summed E-state index contributed by atoms with van der Waals surface area (Å²) in [5, 5.41) is 3.32. The largest absolute Gasteiger partial charge is 0.462 e. The molecular weight excluding hydrogens is 353 g/mol. The van der Waals surface area contributed by atoms with Crippen LogP contribution in [-0.2, 0) is 4.79 Å². The molecule has 4 nitrogen and oxygen atoms in total. The molecule has 2 heterocycles. The molecule has 1 aliphatic rings. The number of benzene rings is 1. The number of hydrogen-bond donors (Lipinski definition) is 1. The van der Waals surface area contributed by atoms with Crippen LogP contribution in [0.4, 0.5) is 0 Å². The summed E-state index contributed by atoms with van der Waals surface area (Å²) >= 11 is 17.9. The van der Waals surface area contributed by atoms with Crippen LogP contribution in [0, 0.1) is 0 Å². The van der Waals surface area contributed by atoms with E-state index in [4.69, 9.17) is 39.8 Å². The van der Waals surface area contributed by atoms with Gasteiger partial charge in [-0.05, 0) is 18.2 Å². The summed E-state index contributed by atoms with van der Waals surface area (Å²) in [6.07, 6.45) is 2.69. The van der Waals surface area contributed by atoms with Gasteiger partial charge >= 0.3 is 0 Å². The van der Waals surface area contributed by atoms with E-state index in [9.17, 15) is 9.59 Å². The average molecular weight is 358 g/mol. The van der Waals surface area contributed by atoms with Crippen molar-refractivity contribution in [3.63, 3.8) is 0 Å². The van der Waals surface area contributed by atoms with E-state index in [1.165, 1.54) is 24.5 Å². The van der Waals surface area contributed by atoms with Crippen LogP contribution < -0.4 is 10.7 Å². The molecule has 1 aromatic carbocycles. The van der Waals surface area contributed by atoms with Crippen LogP contribution in [-0.4, -0.2) is 10.2 Å². The van der Waals surface area contributed by atoms with Crippen LogP contribution in [0.3, 0.4) is 0 Å². The molecule has 1 amide bonds. The lowest BCUT2D eigenvalue weighted by molar-refractivity contribution is -0.115. The predicted molar refractivity (Wildman–Crippen MR) is 88.8 cm³/mol. The fourth-order valence-electron chi connectivity index (χ4n) is 1.84. The van der Waals surface area contributed by atoms with E-state index in [1.54, 1.807) is 0 Å². The number of hydrogen-bond acceptors (Lipinski definition) is 5. The third-order valence-electron chi connectivity index (χ3n) is 2.75. The number of halogens is 2. The number of thiocarbonyl (C=S) groups is 1. The molecule has 1 aromatic heterocycles. The lowest BCUT2D eigenvalue weighted by atomic mass is 10.1. The molecule has 1 aliphatic heterocycles. The van der Waals surface area contributed by atoms with Gasteiger partial charge in [0.1, 0.15) is 10.6 Å². The van der Waals surface area contributed by atoms with Gasteiger partial charge in [-0.1, -0.05) is 47.2 Å².